The SMILES string of the molecule is COc1ccc(NS(=O)(=O)c2cccc(NC(C#N)=C(C#N)C#N)c2)cc1. The van der Waals surface area contributed by atoms with Crippen molar-refractivity contribution in [2.24, 2.45) is 0 Å². The molecule has 0 amide bonds. The lowest BCUT2D eigenvalue weighted by molar-refractivity contribution is 0.415. The molecule has 0 saturated heterocycles. The Hall–Kier alpha value is -4.00. The standard InChI is InChI=1S/C18H13N5O3S/c1-26-16-7-5-14(6-8-16)23-27(24,25)17-4-2-3-15(9-17)22-18(12-21)13(10-19)11-20/h2-9,22-23H,1H3. The summed E-state index contributed by atoms with van der Waals surface area (Å²) in [5, 5.41) is 29.4. The lowest BCUT2D eigenvalue weighted by Crippen LogP contribution is -2.13. The van der Waals surface area contributed by atoms with Crippen LogP contribution in [0.5, 0.6) is 5.75 Å². The van der Waals surface area contributed by atoms with E-state index < -0.39 is 15.6 Å². The van der Waals surface area contributed by atoms with Crippen molar-refractivity contribution >= 4 is 21.4 Å². The number of hydrogen-bond acceptors (Lipinski definition) is 7. The molecular weight excluding hydrogens is 366 g/mol. The van der Waals surface area contributed by atoms with E-state index in [9.17, 15) is 8.42 Å². The fourth-order valence-corrected chi connectivity index (χ4v) is 3.15. The van der Waals surface area contributed by atoms with Crippen LogP contribution >= 0.6 is 0 Å². The highest BCUT2D eigenvalue weighted by Gasteiger charge is 2.15. The second-order valence-electron chi connectivity index (χ2n) is 5.07. The molecule has 0 heterocycles. The van der Waals surface area contributed by atoms with Crippen LogP contribution in [0.25, 0.3) is 0 Å². The summed E-state index contributed by atoms with van der Waals surface area (Å²) in [5.41, 5.74) is -0.0741. The van der Waals surface area contributed by atoms with Gasteiger partial charge in [-0.3, -0.25) is 4.72 Å². The van der Waals surface area contributed by atoms with Crippen LogP contribution in [0.3, 0.4) is 0 Å². The number of rotatable bonds is 6. The molecule has 2 N–H and O–H groups in total. The minimum atomic E-state index is -3.89. The van der Waals surface area contributed by atoms with Gasteiger partial charge in [-0.1, -0.05) is 6.07 Å². The Balaban J connectivity index is 2.30. The minimum Gasteiger partial charge on any atom is -0.497 e. The Morgan fingerprint density at radius 2 is 1.63 bits per heavy atom. The number of nitrogens with one attached hydrogen (secondary N) is 2. The molecule has 0 radical (unpaired) electrons. The highest BCUT2D eigenvalue weighted by atomic mass is 32.2. The minimum absolute atomic E-state index is 0.0592. The molecule has 8 nitrogen and oxygen atoms in total. The number of methoxy groups -OCH3 is 1. The van der Waals surface area contributed by atoms with Crippen molar-refractivity contribution in [1.29, 1.82) is 15.8 Å². The molecule has 0 aliphatic carbocycles. The lowest BCUT2D eigenvalue weighted by Gasteiger charge is -2.11. The molecule has 134 valence electrons. The predicted molar refractivity (Wildman–Crippen MR) is 97.7 cm³/mol. The van der Waals surface area contributed by atoms with Gasteiger partial charge in [-0.15, -0.1) is 0 Å². The van der Waals surface area contributed by atoms with Crippen molar-refractivity contribution in [1.82, 2.24) is 0 Å². The molecule has 2 rings (SSSR count). The van der Waals surface area contributed by atoms with Gasteiger partial charge in [-0.2, -0.15) is 15.8 Å². The Bertz CT molecular complexity index is 1090. The van der Waals surface area contributed by atoms with Gasteiger partial charge in [0.25, 0.3) is 10.0 Å². The van der Waals surface area contributed by atoms with Gasteiger partial charge in [-0.25, -0.2) is 8.42 Å². The first-order valence-corrected chi connectivity index (χ1v) is 8.90. The molecule has 0 aromatic heterocycles. The number of nitrogens with zero attached hydrogens (tertiary/aromatic N) is 3. The van der Waals surface area contributed by atoms with Crippen molar-refractivity contribution < 1.29 is 13.2 Å². The van der Waals surface area contributed by atoms with Gasteiger partial charge < -0.3 is 10.1 Å². The summed E-state index contributed by atoms with van der Waals surface area (Å²) in [7, 11) is -2.38. The van der Waals surface area contributed by atoms with Crippen LogP contribution in [0.4, 0.5) is 11.4 Å². The summed E-state index contributed by atoms with van der Waals surface area (Å²) in [5.74, 6) is 0.589. The summed E-state index contributed by atoms with van der Waals surface area (Å²) >= 11 is 0. The molecular formula is C18H13N5O3S. The Morgan fingerprint density at radius 3 is 2.19 bits per heavy atom. The van der Waals surface area contributed by atoms with Crippen LogP contribution in [-0.2, 0) is 10.0 Å². The normalized spacial score (nSPS) is 9.85. The van der Waals surface area contributed by atoms with Crippen molar-refractivity contribution in [3.63, 3.8) is 0 Å². The van der Waals surface area contributed by atoms with Crippen LogP contribution in [0, 0.1) is 34.0 Å². The number of anilines is 2. The molecule has 0 fully saturated rings. The summed E-state index contributed by atoms with van der Waals surface area (Å²) < 4.78 is 32.6. The van der Waals surface area contributed by atoms with Gasteiger partial charge >= 0.3 is 0 Å². The predicted octanol–water partition coefficient (Wildman–Crippen LogP) is 2.73. The number of hydrogen-bond donors (Lipinski definition) is 2. The van der Waals surface area contributed by atoms with E-state index in [0.29, 0.717) is 11.4 Å². The molecule has 0 saturated carbocycles. The average molecular weight is 379 g/mol. The smallest absolute Gasteiger partial charge is 0.261 e. The first kappa shape index (κ1) is 19.3. The summed E-state index contributed by atoms with van der Waals surface area (Å²) in [4.78, 5) is -0.0592. The Labute approximate surface area is 156 Å². The zero-order chi connectivity index (χ0) is 19.9. The van der Waals surface area contributed by atoms with E-state index in [-0.39, 0.29) is 16.3 Å². The van der Waals surface area contributed by atoms with E-state index >= 15 is 0 Å². The van der Waals surface area contributed by atoms with Gasteiger partial charge in [-0.05, 0) is 42.5 Å². The number of allylic oxidation sites excluding steroid dienone is 2. The summed E-state index contributed by atoms with van der Waals surface area (Å²) in [6.45, 7) is 0. The quantitative estimate of drug-likeness (QED) is 0.736. The number of ether oxygens (including phenoxy) is 1. The largest absolute Gasteiger partial charge is 0.497 e. The van der Waals surface area contributed by atoms with E-state index in [1.165, 1.54) is 31.4 Å². The first-order chi connectivity index (χ1) is 12.9. The van der Waals surface area contributed by atoms with Gasteiger partial charge in [0.05, 0.1) is 12.0 Å². The molecule has 0 spiro atoms. The van der Waals surface area contributed by atoms with E-state index in [1.807, 2.05) is 0 Å². The van der Waals surface area contributed by atoms with Crippen molar-refractivity contribution in [2.45, 2.75) is 4.90 Å². The molecule has 9 heteroatoms. The molecule has 27 heavy (non-hydrogen) atoms. The lowest BCUT2D eigenvalue weighted by atomic mass is 10.2. The van der Waals surface area contributed by atoms with Gasteiger partial charge in [0.15, 0.2) is 5.57 Å². The summed E-state index contributed by atoms with van der Waals surface area (Å²) in [6.07, 6.45) is 0. The second kappa shape index (κ2) is 8.39. The van der Waals surface area contributed by atoms with Crippen LogP contribution in [0.2, 0.25) is 0 Å². The molecule has 0 unspecified atom stereocenters. The highest BCUT2D eigenvalue weighted by molar-refractivity contribution is 7.92. The zero-order valence-corrected chi connectivity index (χ0v) is 14.9. The topological polar surface area (TPSA) is 139 Å². The maximum Gasteiger partial charge on any atom is 0.261 e. The van der Waals surface area contributed by atoms with Crippen LogP contribution in [-0.4, -0.2) is 15.5 Å². The van der Waals surface area contributed by atoms with Gasteiger partial charge in [0.2, 0.25) is 0 Å². The average Bonchev–Trinajstić information content (AvgIpc) is 2.68. The maximum atomic E-state index is 12.6. The molecule has 2 aromatic carbocycles. The Kier molecular flexibility index (Phi) is 6.01. The Morgan fingerprint density at radius 1 is 0.963 bits per heavy atom. The maximum absolute atomic E-state index is 12.6. The van der Waals surface area contributed by atoms with Crippen LogP contribution < -0.4 is 14.8 Å². The number of sulfonamides is 1. The third-order valence-corrected chi connectivity index (χ3v) is 4.72. The van der Waals surface area contributed by atoms with Crippen molar-refractivity contribution in [2.75, 3.05) is 17.1 Å². The van der Waals surface area contributed by atoms with E-state index in [2.05, 4.69) is 10.0 Å². The third kappa shape index (κ3) is 4.76. The fourth-order valence-electron chi connectivity index (χ4n) is 2.04. The molecule has 0 aliphatic heterocycles. The van der Waals surface area contributed by atoms with Gasteiger partial charge in [0.1, 0.15) is 29.7 Å². The fraction of sp³-hybridized carbons (Fsp3) is 0.0556. The molecule has 0 atom stereocenters. The molecule has 2 aromatic rings. The van der Waals surface area contributed by atoms with E-state index in [0.717, 1.165) is 0 Å². The second-order valence-corrected chi connectivity index (χ2v) is 6.75. The van der Waals surface area contributed by atoms with Crippen LogP contribution in [0.15, 0.2) is 64.7 Å². The van der Waals surface area contributed by atoms with Gasteiger partial charge in [0, 0.05) is 11.4 Å². The highest BCUT2D eigenvalue weighted by Crippen LogP contribution is 2.22. The summed E-state index contributed by atoms with van der Waals surface area (Å²) in [6, 6.07) is 16.9. The van der Waals surface area contributed by atoms with E-state index in [4.69, 9.17) is 20.5 Å². The number of benzene rings is 2. The monoisotopic (exact) mass is 379 g/mol. The first-order valence-electron chi connectivity index (χ1n) is 7.42. The van der Waals surface area contributed by atoms with Crippen LogP contribution in [0.1, 0.15) is 0 Å². The van der Waals surface area contributed by atoms with Crippen molar-refractivity contribution in [3.05, 3.63) is 59.8 Å². The molecule has 0 aliphatic rings. The molecule has 0 bridgehead atoms. The third-order valence-electron chi connectivity index (χ3n) is 3.34. The van der Waals surface area contributed by atoms with Crippen molar-refractivity contribution in [3.8, 4) is 24.0 Å². The van der Waals surface area contributed by atoms with E-state index in [1.54, 1.807) is 42.5 Å². The zero-order valence-electron chi connectivity index (χ0n) is 14.1. The number of nitriles is 3.